The Labute approximate surface area is 228 Å². The molecule has 1 heterocycles. The molecule has 0 amide bonds. The fraction of sp³-hybridized carbons (Fsp3) is 0.214. The number of esters is 1. The van der Waals surface area contributed by atoms with E-state index in [2.05, 4.69) is 0 Å². The predicted molar refractivity (Wildman–Crippen MR) is 142 cm³/mol. The number of nitriles is 2. The van der Waals surface area contributed by atoms with Gasteiger partial charge < -0.3 is 14.2 Å². The van der Waals surface area contributed by atoms with Gasteiger partial charge in [0, 0.05) is 11.3 Å². The predicted octanol–water partition coefficient (Wildman–Crippen LogP) is 5.32. The Bertz CT molecular complexity index is 1530. The van der Waals surface area contributed by atoms with E-state index in [0.29, 0.717) is 10.4 Å². The summed E-state index contributed by atoms with van der Waals surface area (Å²) in [6, 6.07) is 15.5. The van der Waals surface area contributed by atoms with E-state index >= 15 is 0 Å². The number of nitro groups is 1. The second kappa shape index (κ2) is 13.0. The number of nitrogens with zero attached hydrogens (tertiary/aromatic N) is 3. The monoisotopic (exact) mass is 545 g/mol. The zero-order chi connectivity index (χ0) is 28.5. The van der Waals surface area contributed by atoms with E-state index in [1.807, 2.05) is 36.4 Å². The van der Waals surface area contributed by atoms with Crippen molar-refractivity contribution in [2.45, 2.75) is 26.9 Å². The molecular weight excluding hydrogens is 522 g/mol. The number of ether oxygens (including phenoxy) is 3. The van der Waals surface area contributed by atoms with Crippen LogP contribution in [0.25, 0.3) is 6.08 Å². The number of hydrogen-bond donors (Lipinski definition) is 0. The minimum absolute atomic E-state index is 0.0381. The SMILES string of the molecule is CCOC(=O)c1sc(CC(=O)/C(C#N)=C/c2cc(OC)c(OCc3ccccc3)cc2[N+](=O)[O-])c(C#N)c1C. The van der Waals surface area contributed by atoms with Gasteiger partial charge in [0.2, 0.25) is 0 Å². The lowest BCUT2D eigenvalue weighted by molar-refractivity contribution is -0.385. The van der Waals surface area contributed by atoms with Crippen molar-refractivity contribution in [3.05, 3.63) is 90.2 Å². The molecule has 3 rings (SSSR count). The first-order chi connectivity index (χ1) is 18.7. The summed E-state index contributed by atoms with van der Waals surface area (Å²) in [4.78, 5) is 37.0. The molecule has 2 aromatic carbocycles. The van der Waals surface area contributed by atoms with Crippen LogP contribution in [0.15, 0.2) is 48.0 Å². The van der Waals surface area contributed by atoms with Crippen molar-refractivity contribution in [1.29, 1.82) is 10.5 Å². The first-order valence-electron chi connectivity index (χ1n) is 11.6. The van der Waals surface area contributed by atoms with E-state index in [-0.39, 0.29) is 52.7 Å². The van der Waals surface area contributed by atoms with Crippen molar-refractivity contribution >= 4 is 34.9 Å². The molecule has 0 aliphatic carbocycles. The number of benzene rings is 2. The van der Waals surface area contributed by atoms with Crippen LogP contribution in [-0.4, -0.2) is 30.4 Å². The van der Waals surface area contributed by atoms with Crippen molar-refractivity contribution in [2.24, 2.45) is 0 Å². The average molecular weight is 546 g/mol. The Morgan fingerprint density at radius 3 is 2.46 bits per heavy atom. The smallest absolute Gasteiger partial charge is 0.348 e. The van der Waals surface area contributed by atoms with Crippen LogP contribution in [0, 0.1) is 39.7 Å². The maximum absolute atomic E-state index is 13.1. The lowest BCUT2D eigenvalue weighted by atomic mass is 10.0. The maximum Gasteiger partial charge on any atom is 0.348 e. The molecule has 0 bridgehead atoms. The van der Waals surface area contributed by atoms with E-state index in [0.717, 1.165) is 23.0 Å². The number of ketones is 1. The number of thiophene rings is 1. The van der Waals surface area contributed by atoms with Crippen molar-refractivity contribution in [3.63, 3.8) is 0 Å². The molecule has 0 saturated heterocycles. The summed E-state index contributed by atoms with van der Waals surface area (Å²) in [6.07, 6.45) is 0.749. The molecule has 0 spiro atoms. The number of methoxy groups -OCH3 is 1. The maximum atomic E-state index is 13.1. The number of hydrogen-bond acceptors (Lipinski definition) is 10. The number of allylic oxidation sites excluding steroid dienone is 1. The van der Waals surface area contributed by atoms with Gasteiger partial charge in [-0.1, -0.05) is 30.3 Å². The topological polar surface area (TPSA) is 153 Å². The Morgan fingerprint density at radius 2 is 1.87 bits per heavy atom. The number of carbonyl (C=O) groups is 2. The quantitative estimate of drug-likeness (QED) is 0.102. The molecule has 0 saturated carbocycles. The first-order valence-corrected chi connectivity index (χ1v) is 12.4. The van der Waals surface area contributed by atoms with Crippen LogP contribution in [-0.2, 0) is 22.6 Å². The summed E-state index contributed by atoms with van der Waals surface area (Å²) < 4.78 is 16.1. The van der Waals surface area contributed by atoms with Gasteiger partial charge in [0.15, 0.2) is 17.3 Å². The van der Waals surface area contributed by atoms with Gasteiger partial charge >= 0.3 is 5.97 Å². The Hall–Kier alpha value is -5.00. The second-order valence-electron chi connectivity index (χ2n) is 8.05. The van der Waals surface area contributed by atoms with E-state index in [1.165, 1.54) is 19.2 Å². The van der Waals surface area contributed by atoms with Gasteiger partial charge in [-0.15, -0.1) is 11.3 Å². The lowest BCUT2D eigenvalue weighted by Gasteiger charge is -2.12. The Kier molecular flexibility index (Phi) is 9.52. The molecule has 1 aromatic heterocycles. The summed E-state index contributed by atoms with van der Waals surface area (Å²) in [6.45, 7) is 3.51. The van der Waals surface area contributed by atoms with Crippen LogP contribution in [0.4, 0.5) is 5.69 Å². The van der Waals surface area contributed by atoms with Crippen LogP contribution in [0.1, 0.15) is 43.7 Å². The van der Waals surface area contributed by atoms with Crippen LogP contribution in [0.2, 0.25) is 0 Å². The van der Waals surface area contributed by atoms with E-state index in [9.17, 15) is 30.2 Å². The zero-order valence-corrected chi connectivity index (χ0v) is 22.2. The molecule has 198 valence electrons. The average Bonchev–Trinajstić information content (AvgIpc) is 3.25. The molecule has 0 radical (unpaired) electrons. The summed E-state index contributed by atoms with van der Waals surface area (Å²) in [7, 11) is 1.37. The van der Waals surface area contributed by atoms with Gasteiger partial charge in [-0.2, -0.15) is 10.5 Å². The third-order valence-electron chi connectivity index (χ3n) is 5.58. The number of rotatable bonds is 11. The number of Topliss-reactive ketones (excluding diaryl/α,β-unsaturated/α-hetero) is 1. The van der Waals surface area contributed by atoms with Crippen molar-refractivity contribution in [1.82, 2.24) is 0 Å². The normalized spacial score (nSPS) is 10.7. The highest BCUT2D eigenvalue weighted by Gasteiger charge is 2.25. The van der Waals surface area contributed by atoms with Crippen molar-refractivity contribution in [2.75, 3.05) is 13.7 Å². The molecule has 0 aliphatic rings. The number of nitro benzene ring substituents is 1. The Morgan fingerprint density at radius 1 is 1.15 bits per heavy atom. The van der Waals surface area contributed by atoms with Crippen LogP contribution < -0.4 is 9.47 Å². The van der Waals surface area contributed by atoms with E-state index in [4.69, 9.17) is 14.2 Å². The van der Waals surface area contributed by atoms with Gasteiger partial charge in [0.05, 0.1) is 41.4 Å². The van der Waals surface area contributed by atoms with Crippen molar-refractivity contribution in [3.8, 4) is 23.6 Å². The number of carbonyl (C=O) groups excluding carboxylic acids is 2. The van der Waals surface area contributed by atoms with Crippen molar-refractivity contribution < 1.29 is 28.7 Å². The molecular formula is C28H23N3O7S. The largest absolute Gasteiger partial charge is 0.493 e. The van der Waals surface area contributed by atoms with Gasteiger partial charge in [0.25, 0.3) is 5.69 Å². The second-order valence-corrected chi connectivity index (χ2v) is 9.15. The molecule has 0 unspecified atom stereocenters. The highest BCUT2D eigenvalue weighted by atomic mass is 32.1. The van der Waals surface area contributed by atoms with Gasteiger partial charge in [0.1, 0.15) is 23.6 Å². The third kappa shape index (κ3) is 6.66. The lowest BCUT2D eigenvalue weighted by Crippen LogP contribution is -2.06. The molecule has 0 aliphatic heterocycles. The van der Waals surface area contributed by atoms with Crippen LogP contribution in [0.3, 0.4) is 0 Å². The first kappa shape index (κ1) is 28.6. The minimum atomic E-state index is -0.677. The molecule has 10 nitrogen and oxygen atoms in total. The van der Waals surface area contributed by atoms with E-state index in [1.54, 1.807) is 19.9 Å². The summed E-state index contributed by atoms with van der Waals surface area (Å²) >= 11 is 0.942. The molecule has 3 aromatic rings. The highest BCUT2D eigenvalue weighted by molar-refractivity contribution is 7.14. The summed E-state index contributed by atoms with van der Waals surface area (Å²) in [5.74, 6) is -0.992. The van der Waals surface area contributed by atoms with Gasteiger partial charge in [-0.05, 0) is 37.1 Å². The van der Waals surface area contributed by atoms with Gasteiger partial charge in [-0.25, -0.2) is 4.79 Å². The molecule has 0 N–H and O–H groups in total. The molecule has 0 atom stereocenters. The van der Waals surface area contributed by atoms with E-state index < -0.39 is 22.4 Å². The van der Waals surface area contributed by atoms with Gasteiger partial charge in [-0.3, -0.25) is 14.9 Å². The van der Waals surface area contributed by atoms with Crippen LogP contribution >= 0.6 is 11.3 Å². The minimum Gasteiger partial charge on any atom is -0.493 e. The fourth-order valence-corrected chi connectivity index (χ4v) is 4.80. The molecule has 39 heavy (non-hydrogen) atoms. The standard InChI is InChI=1S/C28H23N3O7S/c1-4-37-28(33)27-17(2)21(15-30)26(39-27)13-23(32)20(14-29)10-19-11-24(36-3)25(12-22(19)31(34)35)38-16-18-8-6-5-7-9-18/h5-12H,4,13,16H2,1-3H3/b20-10+. The Balaban J connectivity index is 1.95. The third-order valence-corrected chi connectivity index (χ3v) is 6.85. The van der Waals surface area contributed by atoms with Crippen LogP contribution in [0.5, 0.6) is 11.5 Å². The molecule has 0 fully saturated rings. The fourth-order valence-electron chi connectivity index (χ4n) is 3.65. The summed E-state index contributed by atoms with van der Waals surface area (Å²) in [5.41, 5.74) is 0.581. The summed E-state index contributed by atoms with van der Waals surface area (Å²) in [5, 5.41) is 31.1. The molecule has 11 heteroatoms. The highest BCUT2D eigenvalue weighted by Crippen LogP contribution is 2.37. The zero-order valence-electron chi connectivity index (χ0n) is 21.3.